The fourth-order valence-corrected chi connectivity index (χ4v) is 3.85. The van der Waals surface area contributed by atoms with Crippen molar-refractivity contribution >= 4 is 17.7 Å². The van der Waals surface area contributed by atoms with Crippen LogP contribution in [-0.2, 0) is 24.5 Å². The van der Waals surface area contributed by atoms with Gasteiger partial charge in [0.25, 0.3) is 0 Å². The molecule has 0 saturated carbocycles. The zero-order valence-electron chi connectivity index (χ0n) is 18.3. The van der Waals surface area contributed by atoms with E-state index in [1.165, 1.54) is 11.8 Å². The second-order valence-corrected chi connectivity index (χ2v) is 9.11. The number of rotatable bonds is 11. The summed E-state index contributed by atoms with van der Waals surface area (Å²) in [5.74, 6) is 2.09. The average Bonchev–Trinajstić information content (AvgIpc) is 3.17. The van der Waals surface area contributed by atoms with Gasteiger partial charge in [-0.15, -0.1) is 10.2 Å². The highest BCUT2D eigenvalue weighted by atomic mass is 32.2. The number of hydrogen-bond acceptors (Lipinski definition) is 5. The first kappa shape index (κ1) is 22.9. The van der Waals surface area contributed by atoms with Gasteiger partial charge in [-0.25, -0.2) is 0 Å². The molecule has 7 heteroatoms. The normalized spacial score (nSPS) is 12.0. The van der Waals surface area contributed by atoms with Crippen molar-refractivity contribution < 1.29 is 9.53 Å². The van der Waals surface area contributed by atoms with Crippen LogP contribution in [0.5, 0.6) is 5.75 Å². The number of nitrogens with zero attached hydrogens (tertiary/aromatic N) is 3. The second kappa shape index (κ2) is 11.6. The Labute approximate surface area is 188 Å². The van der Waals surface area contributed by atoms with Gasteiger partial charge in [0.05, 0.1) is 5.25 Å². The predicted molar refractivity (Wildman–Crippen MR) is 124 cm³/mol. The molecule has 0 aliphatic rings. The van der Waals surface area contributed by atoms with Crippen LogP contribution in [-0.4, -0.2) is 25.9 Å². The molecule has 1 aromatic heterocycles. The molecule has 0 fully saturated rings. The molecule has 164 valence electrons. The number of carbonyl (C=O) groups is 1. The van der Waals surface area contributed by atoms with E-state index in [9.17, 15) is 4.79 Å². The van der Waals surface area contributed by atoms with Crippen LogP contribution in [0, 0.1) is 5.92 Å². The molecule has 0 radical (unpaired) electrons. The van der Waals surface area contributed by atoms with E-state index >= 15 is 0 Å². The Balaban J connectivity index is 1.64. The minimum atomic E-state index is -0.284. The van der Waals surface area contributed by atoms with Gasteiger partial charge in [-0.3, -0.25) is 4.79 Å². The monoisotopic (exact) mass is 438 g/mol. The third kappa shape index (κ3) is 7.14. The Bertz CT molecular complexity index is 945. The first-order valence-corrected chi connectivity index (χ1v) is 11.5. The molecule has 1 atom stereocenters. The standard InChI is InChI=1S/C24H30N4O2S/c1-18(2)14-15-28-22(17-30-21-12-8-5-9-13-21)26-27-24(28)31-19(3)23(29)25-16-20-10-6-4-7-11-20/h4-13,18-19H,14-17H2,1-3H3,(H,25,29). The van der Waals surface area contributed by atoms with Crippen molar-refractivity contribution in [2.24, 2.45) is 5.92 Å². The summed E-state index contributed by atoms with van der Waals surface area (Å²) in [4.78, 5) is 12.6. The number of carbonyl (C=O) groups excluding carboxylic acids is 1. The van der Waals surface area contributed by atoms with Crippen LogP contribution in [0.15, 0.2) is 65.8 Å². The molecule has 0 saturated heterocycles. The fourth-order valence-electron chi connectivity index (χ4n) is 2.93. The van der Waals surface area contributed by atoms with E-state index in [1.807, 2.05) is 67.6 Å². The van der Waals surface area contributed by atoms with E-state index in [-0.39, 0.29) is 11.2 Å². The molecule has 0 spiro atoms. The van der Waals surface area contributed by atoms with Gasteiger partial charge in [-0.2, -0.15) is 0 Å². The molecule has 0 aliphatic heterocycles. The molecule has 3 aromatic rings. The van der Waals surface area contributed by atoms with Crippen molar-refractivity contribution in [3.8, 4) is 5.75 Å². The molecule has 6 nitrogen and oxygen atoms in total. The van der Waals surface area contributed by atoms with Crippen LogP contribution in [0.4, 0.5) is 0 Å². The number of nitrogens with one attached hydrogen (secondary N) is 1. The summed E-state index contributed by atoms with van der Waals surface area (Å²) in [5, 5.41) is 12.2. The Hall–Kier alpha value is -2.80. The number of ether oxygens (including phenoxy) is 1. The molecule has 1 heterocycles. The van der Waals surface area contributed by atoms with Crippen molar-refractivity contribution in [2.45, 2.75) is 57.3 Å². The van der Waals surface area contributed by atoms with Gasteiger partial charge < -0.3 is 14.6 Å². The third-order valence-electron chi connectivity index (χ3n) is 4.80. The highest BCUT2D eigenvalue weighted by molar-refractivity contribution is 8.00. The Morgan fingerprint density at radius 2 is 1.71 bits per heavy atom. The maximum absolute atomic E-state index is 12.6. The Morgan fingerprint density at radius 3 is 2.39 bits per heavy atom. The highest BCUT2D eigenvalue weighted by Gasteiger charge is 2.20. The Morgan fingerprint density at radius 1 is 1.03 bits per heavy atom. The van der Waals surface area contributed by atoms with Gasteiger partial charge in [0, 0.05) is 13.1 Å². The van der Waals surface area contributed by atoms with Crippen molar-refractivity contribution in [1.29, 1.82) is 0 Å². The van der Waals surface area contributed by atoms with E-state index < -0.39 is 0 Å². The third-order valence-corrected chi connectivity index (χ3v) is 5.88. The number of benzene rings is 2. The second-order valence-electron chi connectivity index (χ2n) is 7.80. The molecule has 0 aliphatic carbocycles. The van der Waals surface area contributed by atoms with Crippen molar-refractivity contribution in [3.05, 3.63) is 72.1 Å². The van der Waals surface area contributed by atoms with E-state index in [0.29, 0.717) is 19.1 Å². The van der Waals surface area contributed by atoms with E-state index in [4.69, 9.17) is 4.74 Å². The molecule has 1 N–H and O–H groups in total. The Kier molecular flexibility index (Phi) is 8.53. The molecule has 31 heavy (non-hydrogen) atoms. The number of para-hydroxylation sites is 1. The zero-order valence-corrected chi connectivity index (χ0v) is 19.1. The summed E-state index contributed by atoms with van der Waals surface area (Å²) in [6.07, 6.45) is 0.999. The van der Waals surface area contributed by atoms with Crippen LogP contribution < -0.4 is 10.1 Å². The number of hydrogen-bond donors (Lipinski definition) is 1. The topological polar surface area (TPSA) is 69.0 Å². The minimum absolute atomic E-state index is 0.0191. The van der Waals surface area contributed by atoms with Gasteiger partial charge >= 0.3 is 0 Å². The first-order chi connectivity index (χ1) is 15.0. The lowest BCUT2D eigenvalue weighted by Gasteiger charge is -2.15. The maximum Gasteiger partial charge on any atom is 0.233 e. The van der Waals surface area contributed by atoms with E-state index in [1.54, 1.807) is 0 Å². The summed E-state index contributed by atoms with van der Waals surface area (Å²) in [5.41, 5.74) is 1.08. The lowest BCUT2D eigenvalue weighted by Crippen LogP contribution is -2.30. The summed E-state index contributed by atoms with van der Waals surface area (Å²) >= 11 is 1.43. The lowest BCUT2D eigenvalue weighted by atomic mass is 10.1. The SMILES string of the molecule is CC(C)CCn1c(COc2ccccc2)nnc1SC(C)C(=O)NCc1ccccc1. The van der Waals surface area contributed by atoms with Gasteiger partial charge in [-0.1, -0.05) is 74.1 Å². The molecule has 1 unspecified atom stereocenters. The molecule has 3 rings (SSSR count). The van der Waals surface area contributed by atoms with Gasteiger partial charge in [0.2, 0.25) is 5.91 Å². The van der Waals surface area contributed by atoms with Gasteiger partial charge in [0.15, 0.2) is 11.0 Å². The summed E-state index contributed by atoms with van der Waals surface area (Å²) in [6, 6.07) is 19.6. The summed E-state index contributed by atoms with van der Waals surface area (Å²) in [7, 11) is 0. The molecule has 2 aromatic carbocycles. The van der Waals surface area contributed by atoms with Crippen LogP contribution in [0.2, 0.25) is 0 Å². The quantitative estimate of drug-likeness (QED) is 0.440. The maximum atomic E-state index is 12.6. The van der Waals surface area contributed by atoms with Crippen LogP contribution in [0.1, 0.15) is 38.6 Å². The smallest absolute Gasteiger partial charge is 0.233 e. The number of thioether (sulfide) groups is 1. The largest absolute Gasteiger partial charge is 0.486 e. The van der Waals surface area contributed by atoms with Crippen molar-refractivity contribution in [1.82, 2.24) is 20.1 Å². The molecular formula is C24H30N4O2S. The van der Waals surface area contributed by atoms with Gasteiger partial charge in [0.1, 0.15) is 12.4 Å². The van der Waals surface area contributed by atoms with Crippen LogP contribution in [0.25, 0.3) is 0 Å². The fraction of sp³-hybridized carbons (Fsp3) is 0.375. The number of amides is 1. The van der Waals surface area contributed by atoms with Crippen molar-refractivity contribution in [3.63, 3.8) is 0 Å². The first-order valence-electron chi connectivity index (χ1n) is 10.6. The average molecular weight is 439 g/mol. The summed E-state index contributed by atoms with van der Waals surface area (Å²) < 4.78 is 7.96. The molecule has 1 amide bonds. The lowest BCUT2D eigenvalue weighted by molar-refractivity contribution is -0.120. The molecule has 0 bridgehead atoms. The van der Waals surface area contributed by atoms with Gasteiger partial charge in [-0.05, 0) is 37.0 Å². The summed E-state index contributed by atoms with van der Waals surface area (Å²) in [6.45, 7) is 7.92. The van der Waals surface area contributed by atoms with Crippen LogP contribution >= 0.6 is 11.8 Å². The molecular weight excluding hydrogens is 408 g/mol. The van der Waals surface area contributed by atoms with E-state index in [0.717, 1.165) is 35.3 Å². The van der Waals surface area contributed by atoms with Crippen LogP contribution in [0.3, 0.4) is 0 Å². The zero-order chi connectivity index (χ0) is 22.1. The van der Waals surface area contributed by atoms with Crippen molar-refractivity contribution in [2.75, 3.05) is 0 Å². The predicted octanol–water partition coefficient (Wildman–Crippen LogP) is 4.70. The highest BCUT2D eigenvalue weighted by Crippen LogP contribution is 2.24. The minimum Gasteiger partial charge on any atom is -0.486 e. The van der Waals surface area contributed by atoms with E-state index in [2.05, 4.69) is 33.9 Å². The number of aromatic nitrogens is 3.